The van der Waals surface area contributed by atoms with Gasteiger partial charge in [0.15, 0.2) is 0 Å². The van der Waals surface area contributed by atoms with Crippen LogP contribution in [0.4, 0.5) is 0 Å². The van der Waals surface area contributed by atoms with Crippen molar-refractivity contribution in [3.63, 3.8) is 0 Å². The highest BCUT2D eigenvalue weighted by Gasteiger charge is 2.13. The molecular weight excluding hydrogens is 226 g/mol. The minimum Gasteiger partial charge on any atom is -0.377 e. The van der Waals surface area contributed by atoms with Crippen molar-refractivity contribution >= 4 is 11.6 Å². The van der Waals surface area contributed by atoms with Crippen LogP contribution in [-0.2, 0) is 18.3 Å². The standard InChI is InChI=1S/C11H18ClN3O/c1-15-10(12)7-14-11(15)8-13-6-9-4-2-3-5-16-9/h7,9,13H,2-6,8H2,1H3. The van der Waals surface area contributed by atoms with Crippen molar-refractivity contribution in [2.45, 2.75) is 31.9 Å². The summed E-state index contributed by atoms with van der Waals surface area (Å²) in [6, 6.07) is 0. The highest BCUT2D eigenvalue weighted by atomic mass is 35.5. The summed E-state index contributed by atoms with van der Waals surface area (Å²) in [5.41, 5.74) is 0. The average Bonchev–Trinajstić information content (AvgIpc) is 2.62. The van der Waals surface area contributed by atoms with Crippen LogP contribution < -0.4 is 5.32 Å². The Bertz CT molecular complexity index is 334. The summed E-state index contributed by atoms with van der Waals surface area (Å²) >= 11 is 5.90. The van der Waals surface area contributed by atoms with Crippen molar-refractivity contribution in [1.82, 2.24) is 14.9 Å². The maximum absolute atomic E-state index is 5.90. The van der Waals surface area contributed by atoms with E-state index in [1.54, 1.807) is 6.20 Å². The summed E-state index contributed by atoms with van der Waals surface area (Å²) < 4.78 is 7.52. The van der Waals surface area contributed by atoms with Gasteiger partial charge >= 0.3 is 0 Å². The Morgan fingerprint density at radius 2 is 2.50 bits per heavy atom. The molecule has 0 radical (unpaired) electrons. The van der Waals surface area contributed by atoms with Crippen molar-refractivity contribution in [3.05, 3.63) is 17.2 Å². The predicted molar refractivity (Wildman–Crippen MR) is 63.5 cm³/mol. The smallest absolute Gasteiger partial charge is 0.128 e. The Morgan fingerprint density at radius 1 is 1.62 bits per heavy atom. The van der Waals surface area contributed by atoms with E-state index in [2.05, 4.69) is 10.3 Å². The van der Waals surface area contributed by atoms with Gasteiger partial charge in [0.2, 0.25) is 0 Å². The molecule has 90 valence electrons. The molecule has 1 saturated heterocycles. The second-order valence-corrected chi connectivity index (χ2v) is 4.56. The molecule has 1 atom stereocenters. The minimum atomic E-state index is 0.365. The highest BCUT2D eigenvalue weighted by molar-refractivity contribution is 6.29. The molecule has 0 aliphatic carbocycles. The van der Waals surface area contributed by atoms with Gasteiger partial charge in [-0.05, 0) is 19.3 Å². The number of imidazole rings is 1. The van der Waals surface area contributed by atoms with Gasteiger partial charge in [-0.15, -0.1) is 0 Å². The van der Waals surface area contributed by atoms with Crippen LogP contribution >= 0.6 is 11.6 Å². The first kappa shape index (κ1) is 11.9. The molecule has 1 aliphatic rings. The SMILES string of the molecule is Cn1c(Cl)cnc1CNCC1CCCCO1. The summed E-state index contributed by atoms with van der Waals surface area (Å²) in [5, 5.41) is 4.03. The first-order valence-corrected chi connectivity index (χ1v) is 6.13. The first-order valence-electron chi connectivity index (χ1n) is 5.76. The van der Waals surface area contributed by atoms with Gasteiger partial charge in [0.1, 0.15) is 11.0 Å². The second-order valence-electron chi connectivity index (χ2n) is 4.18. The zero-order chi connectivity index (χ0) is 11.4. The number of rotatable bonds is 4. The van der Waals surface area contributed by atoms with E-state index in [1.807, 2.05) is 11.6 Å². The zero-order valence-electron chi connectivity index (χ0n) is 9.58. The fourth-order valence-electron chi connectivity index (χ4n) is 1.90. The molecule has 16 heavy (non-hydrogen) atoms. The molecule has 1 aliphatic heterocycles. The monoisotopic (exact) mass is 243 g/mol. The predicted octanol–water partition coefficient (Wildman–Crippen LogP) is 1.73. The molecule has 1 unspecified atom stereocenters. The summed E-state index contributed by atoms with van der Waals surface area (Å²) in [7, 11) is 1.92. The van der Waals surface area contributed by atoms with E-state index < -0.39 is 0 Å². The molecule has 5 heteroatoms. The molecular formula is C11H18ClN3O. The molecule has 4 nitrogen and oxygen atoms in total. The average molecular weight is 244 g/mol. The number of hydrogen-bond acceptors (Lipinski definition) is 3. The van der Waals surface area contributed by atoms with E-state index in [0.717, 1.165) is 31.9 Å². The van der Waals surface area contributed by atoms with E-state index in [4.69, 9.17) is 16.3 Å². The molecule has 1 aromatic rings. The van der Waals surface area contributed by atoms with Crippen molar-refractivity contribution in [1.29, 1.82) is 0 Å². The Morgan fingerprint density at radius 3 is 3.12 bits per heavy atom. The number of halogens is 1. The van der Waals surface area contributed by atoms with E-state index in [9.17, 15) is 0 Å². The van der Waals surface area contributed by atoms with Gasteiger partial charge in [0, 0.05) is 20.2 Å². The zero-order valence-corrected chi connectivity index (χ0v) is 10.3. The topological polar surface area (TPSA) is 39.1 Å². The molecule has 0 aromatic carbocycles. The van der Waals surface area contributed by atoms with Crippen molar-refractivity contribution in [2.24, 2.45) is 7.05 Å². The van der Waals surface area contributed by atoms with Gasteiger partial charge < -0.3 is 14.6 Å². The summed E-state index contributed by atoms with van der Waals surface area (Å²) in [6.07, 6.45) is 5.68. The third kappa shape index (κ3) is 2.97. The number of hydrogen-bond donors (Lipinski definition) is 1. The highest BCUT2D eigenvalue weighted by Crippen LogP contribution is 2.12. The molecule has 1 aromatic heterocycles. The fraction of sp³-hybridized carbons (Fsp3) is 0.727. The molecule has 0 amide bonds. The lowest BCUT2D eigenvalue weighted by molar-refractivity contribution is 0.0167. The van der Waals surface area contributed by atoms with Gasteiger partial charge in [-0.2, -0.15) is 0 Å². The third-order valence-corrected chi connectivity index (χ3v) is 3.31. The van der Waals surface area contributed by atoms with Crippen LogP contribution in [0.1, 0.15) is 25.1 Å². The maximum Gasteiger partial charge on any atom is 0.128 e. The molecule has 0 bridgehead atoms. The Hall–Kier alpha value is -0.580. The van der Waals surface area contributed by atoms with E-state index in [1.165, 1.54) is 12.8 Å². The van der Waals surface area contributed by atoms with Crippen LogP contribution in [0.2, 0.25) is 5.15 Å². The molecule has 1 fully saturated rings. The Balaban J connectivity index is 1.73. The lowest BCUT2D eigenvalue weighted by Gasteiger charge is -2.22. The number of ether oxygens (including phenoxy) is 1. The van der Waals surface area contributed by atoms with Crippen LogP contribution in [0.15, 0.2) is 6.20 Å². The lowest BCUT2D eigenvalue weighted by atomic mass is 10.1. The summed E-state index contributed by atoms with van der Waals surface area (Å²) in [5.74, 6) is 0.959. The van der Waals surface area contributed by atoms with Gasteiger partial charge in [-0.3, -0.25) is 0 Å². The molecule has 0 saturated carbocycles. The van der Waals surface area contributed by atoms with Crippen molar-refractivity contribution < 1.29 is 4.74 Å². The number of aromatic nitrogens is 2. The largest absolute Gasteiger partial charge is 0.377 e. The van der Waals surface area contributed by atoms with Gasteiger partial charge in [-0.1, -0.05) is 11.6 Å². The van der Waals surface area contributed by atoms with Gasteiger partial charge in [-0.25, -0.2) is 4.98 Å². The van der Waals surface area contributed by atoms with E-state index in [-0.39, 0.29) is 0 Å². The summed E-state index contributed by atoms with van der Waals surface area (Å²) in [4.78, 5) is 4.23. The van der Waals surface area contributed by atoms with Crippen LogP contribution in [0.25, 0.3) is 0 Å². The molecule has 1 N–H and O–H groups in total. The first-order chi connectivity index (χ1) is 7.77. The molecule has 2 rings (SSSR count). The van der Waals surface area contributed by atoms with Gasteiger partial charge in [0.05, 0.1) is 18.8 Å². The lowest BCUT2D eigenvalue weighted by Crippen LogP contribution is -2.32. The quantitative estimate of drug-likeness (QED) is 0.876. The van der Waals surface area contributed by atoms with Crippen molar-refractivity contribution in [3.8, 4) is 0 Å². The normalized spacial score (nSPS) is 21.2. The van der Waals surface area contributed by atoms with Crippen LogP contribution in [0, 0.1) is 0 Å². The van der Waals surface area contributed by atoms with E-state index in [0.29, 0.717) is 11.3 Å². The van der Waals surface area contributed by atoms with E-state index >= 15 is 0 Å². The van der Waals surface area contributed by atoms with Crippen molar-refractivity contribution in [2.75, 3.05) is 13.2 Å². The number of nitrogens with one attached hydrogen (secondary N) is 1. The summed E-state index contributed by atoms with van der Waals surface area (Å²) in [6.45, 7) is 2.54. The maximum atomic E-state index is 5.90. The van der Waals surface area contributed by atoms with Crippen LogP contribution in [-0.4, -0.2) is 28.8 Å². The second kappa shape index (κ2) is 5.66. The third-order valence-electron chi connectivity index (χ3n) is 2.96. The fourth-order valence-corrected chi connectivity index (χ4v) is 2.05. The Labute approximate surface area is 101 Å². The minimum absolute atomic E-state index is 0.365. The molecule has 0 spiro atoms. The van der Waals surface area contributed by atoms with Crippen LogP contribution in [0.5, 0.6) is 0 Å². The van der Waals surface area contributed by atoms with Crippen LogP contribution in [0.3, 0.4) is 0 Å². The van der Waals surface area contributed by atoms with Gasteiger partial charge in [0.25, 0.3) is 0 Å². The Kier molecular flexibility index (Phi) is 4.21. The molecule has 2 heterocycles. The number of nitrogens with zero attached hydrogens (tertiary/aromatic N) is 2.